The Balaban J connectivity index is 1.16. The number of fused-ring (bicyclic) bond motifs is 3. The second-order valence-electron chi connectivity index (χ2n) is 9.90. The fraction of sp³-hybridized carbons (Fsp3) is 0.194. The molecular formula is C31H26N4O5S. The molecule has 1 amide bonds. The van der Waals surface area contributed by atoms with Crippen molar-refractivity contribution in [3.8, 4) is 28.1 Å². The minimum absolute atomic E-state index is 0.00930. The van der Waals surface area contributed by atoms with Crippen LogP contribution in [0.3, 0.4) is 0 Å². The van der Waals surface area contributed by atoms with Crippen molar-refractivity contribution in [1.82, 2.24) is 14.6 Å². The topological polar surface area (TPSA) is 91.3 Å². The molecule has 9 nitrogen and oxygen atoms in total. The Morgan fingerprint density at radius 3 is 2.68 bits per heavy atom. The Labute approximate surface area is 239 Å². The van der Waals surface area contributed by atoms with Crippen LogP contribution in [0.2, 0.25) is 0 Å². The number of hydrogen-bond acceptors (Lipinski definition) is 8. The molecule has 206 valence electrons. The van der Waals surface area contributed by atoms with Crippen molar-refractivity contribution in [2.24, 2.45) is 0 Å². The molecule has 7 rings (SSSR count). The lowest BCUT2D eigenvalue weighted by molar-refractivity contribution is 0.0989. The van der Waals surface area contributed by atoms with Gasteiger partial charge in [-0.3, -0.25) is 4.79 Å². The van der Waals surface area contributed by atoms with Crippen molar-refractivity contribution in [2.45, 2.75) is 20.0 Å². The van der Waals surface area contributed by atoms with E-state index >= 15 is 0 Å². The monoisotopic (exact) mass is 566 g/mol. The number of carbonyl (C=O) groups excluding carboxylic acids is 1. The van der Waals surface area contributed by atoms with Crippen molar-refractivity contribution in [3.63, 3.8) is 0 Å². The third kappa shape index (κ3) is 4.55. The highest BCUT2D eigenvalue weighted by molar-refractivity contribution is 7.18. The van der Waals surface area contributed by atoms with Gasteiger partial charge < -0.3 is 23.5 Å². The Bertz CT molecular complexity index is 1890. The zero-order chi connectivity index (χ0) is 28.1. The highest BCUT2D eigenvalue weighted by Crippen LogP contribution is 2.38. The third-order valence-corrected chi connectivity index (χ3v) is 8.13. The summed E-state index contributed by atoms with van der Waals surface area (Å²) in [5.41, 5.74) is 6.15. The van der Waals surface area contributed by atoms with Crippen LogP contribution in [-0.2, 0) is 13.0 Å². The van der Waals surface area contributed by atoms with Gasteiger partial charge in [-0.2, -0.15) is 0 Å². The Morgan fingerprint density at radius 2 is 1.90 bits per heavy atom. The second kappa shape index (κ2) is 9.97. The quantitative estimate of drug-likeness (QED) is 0.224. The van der Waals surface area contributed by atoms with Crippen LogP contribution < -0.4 is 19.1 Å². The lowest BCUT2D eigenvalue weighted by Gasteiger charge is -2.18. The molecule has 0 fully saturated rings. The minimum Gasteiger partial charge on any atom is -0.496 e. The fourth-order valence-corrected chi connectivity index (χ4v) is 5.77. The van der Waals surface area contributed by atoms with Crippen LogP contribution >= 0.6 is 11.3 Å². The summed E-state index contributed by atoms with van der Waals surface area (Å²) in [6.07, 6.45) is 2.63. The summed E-state index contributed by atoms with van der Waals surface area (Å²) < 4.78 is 24.9. The normalized spacial score (nSPS) is 12.7. The van der Waals surface area contributed by atoms with Gasteiger partial charge in [0.25, 0.3) is 11.1 Å². The van der Waals surface area contributed by atoms with E-state index in [1.165, 1.54) is 11.3 Å². The number of methoxy groups -OCH3 is 2. The number of ether oxygens (including phenoxy) is 3. The summed E-state index contributed by atoms with van der Waals surface area (Å²) in [4.78, 5) is 20.5. The number of aromatic nitrogens is 3. The van der Waals surface area contributed by atoms with E-state index < -0.39 is 0 Å². The number of imidazole rings is 1. The van der Waals surface area contributed by atoms with E-state index in [4.69, 9.17) is 18.6 Å². The number of amides is 1. The number of nitrogens with zero attached hydrogens (tertiary/aromatic N) is 4. The van der Waals surface area contributed by atoms with Crippen LogP contribution in [0.1, 0.15) is 27.0 Å². The van der Waals surface area contributed by atoms with Crippen LogP contribution in [-0.4, -0.2) is 41.3 Å². The van der Waals surface area contributed by atoms with E-state index in [-0.39, 0.29) is 5.91 Å². The van der Waals surface area contributed by atoms with Crippen molar-refractivity contribution in [2.75, 3.05) is 25.7 Å². The van der Waals surface area contributed by atoms with Gasteiger partial charge in [-0.25, -0.2) is 9.50 Å². The van der Waals surface area contributed by atoms with Crippen molar-refractivity contribution >= 4 is 38.9 Å². The van der Waals surface area contributed by atoms with E-state index in [1.54, 1.807) is 24.9 Å². The van der Waals surface area contributed by atoms with E-state index in [0.717, 1.165) is 34.2 Å². The predicted octanol–water partition coefficient (Wildman–Crippen LogP) is 6.31. The first-order valence-corrected chi connectivity index (χ1v) is 14.0. The van der Waals surface area contributed by atoms with Crippen LogP contribution in [0.25, 0.3) is 27.4 Å². The maximum Gasteiger partial charge on any atom is 0.294 e. The first-order valence-electron chi connectivity index (χ1n) is 13.1. The molecular weight excluding hydrogens is 540 g/mol. The summed E-state index contributed by atoms with van der Waals surface area (Å²) in [7, 11) is 3.19. The van der Waals surface area contributed by atoms with E-state index in [1.807, 2.05) is 60.4 Å². The van der Waals surface area contributed by atoms with Crippen LogP contribution in [0.15, 0.2) is 71.3 Å². The summed E-state index contributed by atoms with van der Waals surface area (Å²) in [6, 6.07) is 19.5. The smallest absolute Gasteiger partial charge is 0.294 e. The van der Waals surface area contributed by atoms with Crippen molar-refractivity contribution in [3.05, 3.63) is 89.1 Å². The second-order valence-corrected chi connectivity index (χ2v) is 10.8. The van der Waals surface area contributed by atoms with Gasteiger partial charge in [-0.05, 0) is 60.1 Å². The standard InChI is InChI=1S/C31H26N4O5S/c1-18-4-7-21(8-5-18)29(36)34-11-10-20-9-6-19(12-25(20)34)17-39-26-13-22(37-2)14-27-23(26)15-28(40-27)24-16-35-30(32-24)41-31(33-35)38-3/h4-9,12-16H,10-11,17H2,1-3H3. The molecule has 0 saturated heterocycles. The first-order chi connectivity index (χ1) is 20.0. The zero-order valence-corrected chi connectivity index (χ0v) is 23.5. The number of anilines is 1. The molecule has 1 aliphatic rings. The maximum absolute atomic E-state index is 13.3. The van der Waals surface area contributed by atoms with Gasteiger partial charge in [-0.15, -0.1) is 5.10 Å². The van der Waals surface area contributed by atoms with Crippen LogP contribution in [0.4, 0.5) is 5.69 Å². The average Bonchev–Trinajstić information content (AvgIpc) is 3.77. The number of carbonyl (C=O) groups is 1. The van der Waals surface area contributed by atoms with Gasteiger partial charge >= 0.3 is 0 Å². The number of furan rings is 1. The van der Waals surface area contributed by atoms with E-state index in [9.17, 15) is 4.79 Å². The lowest BCUT2D eigenvalue weighted by Crippen LogP contribution is -2.28. The van der Waals surface area contributed by atoms with Gasteiger partial charge in [0.1, 0.15) is 29.4 Å². The fourth-order valence-electron chi connectivity index (χ4n) is 5.07. The van der Waals surface area contributed by atoms with Gasteiger partial charge in [-0.1, -0.05) is 29.8 Å². The summed E-state index contributed by atoms with van der Waals surface area (Å²) in [6.45, 7) is 2.99. The minimum atomic E-state index is 0.00930. The van der Waals surface area contributed by atoms with Crippen LogP contribution in [0, 0.1) is 6.92 Å². The molecule has 10 heteroatoms. The predicted molar refractivity (Wildman–Crippen MR) is 157 cm³/mol. The Hall–Kier alpha value is -4.83. The molecule has 0 spiro atoms. The van der Waals surface area contributed by atoms with Crippen LogP contribution in [0.5, 0.6) is 16.7 Å². The molecule has 0 unspecified atom stereocenters. The average molecular weight is 567 g/mol. The van der Waals surface area contributed by atoms with Gasteiger partial charge in [0.15, 0.2) is 5.76 Å². The van der Waals surface area contributed by atoms with E-state index in [2.05, 4.69) is 22.2 Å². The van der Waals surface area contributed by atoms with E-state index in [0.29, 0.717) is 57.4 Å². The summed E-state index contributed by atoms with van der Waals surface area (Å²) >= 11 is 1.35. The number of hydrogen-bond donors (Lipinski definition) is 0. The molecule has 41 heavy (non-hydrogen) atoms. The molecule has 0 radical (unpaired) electrons. The number of aryl methyl sites for hydroxylation is 1. The number of benzene rings is 3. The molecule has 6 aromatic rings. The van der Waals surface area contributed by atoms with Crippen molar-refractivity contribution in [1.29, 1.82) is 0 Å². The molecule has 0 bridgehead atoms. The molecule has 0 saturated carbocycles. The zero-order valence-electron chi connectivity index (χ0n) is 22.7. The third-order valence-electron chi connectivity index (χ3n) is 7.24. The summed E-state index contributed by atoms with van der Waals surface area (Å²) in [5.74, 6) is 1.85. The van der Waals surface area contributed by atoms with Gasteiger partial charge in [0.05, 0.1) is 25.8 Å². The molecule has 0 aliphatic carbocycles. The molecule has 1 aliphatic heterocycles. The highest BCUT2D eigenvalue weighted by atomic mass is 32.1. The Morgan fingerprint density at radius 1 is 1.05 bits per heavy atom. The molecule has 0 atom stereocenters. The summed E-state index contributed by atoms with van der Waals surface area (Å²) in [5, 5.41) is 5.69. The molecule has 3 aromatic carbocycles. The number of rotatable bonds is 7. The molecule has 0 N–H and O–H groups in total. The van der Waals surface area contributed by atoms with Gasteiger partial charge in [0.2, 0.25) is 4.96 Å². The first kappa shape index (κ1) is 25.2. The molecule has 3 aromatic heterocycles. The Kier molecular flexibility index (Phi) is 6.12. The lowest BCUT2D eigenvalue weighted by atomic mass is 10.1. The van der Waals surface area contributed by atoms with Gasteiger partial charge in [0, 0.05) is 29.9 Å². The molecule has 4 heterocycles. The maximum atomic E-state index is 13.3. The highest BCUT2D eigenvalue weighted by Gasteiger charge is 2.26. The largest absolute Gasteiger partial charge is 0.496 e. The SMILES string of the molecule is COc1cc(OCc2ccc3c(c2)N(C(=O)c2ccc(C)cc2)CC3)c2cc(-c3cn4nc(OC)sc4n3)oc2c1. The van der Waals surface area contributed by atoms with Crippen molar-refractivity contribution < 1.29 is 23.4 Å².